The summed E-state index contributed by atoms with van der Waals surface area (Å²) in [6, 6.07) is 3.49. The second-order valence-electron chi connectivity index (χ2n) is 4.07. The van der Waals surface area contributed by atoms with Gasteiger partial charge in [0.15, 0.2) is 5.92 Å². The number of methoxy groups -OCH3 is 2. The van der Waals surface area contributed by atoms with Gasteiger partial charge in [-0.15, -0.1) is 0 Å². The van der Waals surface area contributed by atoms with Crippen molar-refractivity contribution in [3.63, 3.8) is 0 Å². The Bertz CT molecular complexity index is 624. The van der Waals surface area contributed by atoms with Crippen LogP contribution in [0.25, 0.3) is 0 Å². The van der Waals surface area contributed by atoms with Crippen LogP contribution in [-0.4, -0.2) is 37.1 Å². The topological polar surface area (TPSA) is 122 Å². The Morgan fingerprint density at radius 2 is 1.77 bits per heavy atom. The van der Waals surface area contributed by atoms with E-state index < -0.39 is 40.2 Å². The molecule has 1 atom stereocenters. The molecule has 0 bridgehead atoms. The monoisotopic (exact) mass is 311 g/mol. The zero-order valence-corrected chi connectivity index (χ0v) is 12.0. The summed E-state index contributed by atoms with van der Waals surface area (Å²) in [5.74, 6) is -4.78. The highest BCUT2D eigenvalue weighted by atomic mass is 16.6. The molecule has 0 aliphatic carbocycles. The molecule has 0 aliphatic rings. The number of nitrogens with zero attached hydrogens (tertiary/aromatic N) is 1. The Balaban J connectivity index is 3.26. The van der Waals surface area contributed by atoms with Crippen molar-refractivity contribution in [3.8, 4) is 5.75 Å². The highest BCUT2D eigenvalue weighted by Gasteiger charge is 2.30. The molecule has 1 unspecified atom stereocenters. The van der Waals surface area contributed by atoms with Gasteiger partial charge < -0.3 is 14.2 Å². The van der Waals surface area contributed by atoms with Gasteiger partial charge in [0.1, 0.15) is 5.56 Å². The lowest BCUT2D eigenvalue weighted by Crippen LogP contribution is -2.27. The van der Waals surface area contributed by atoms with Gasteiger partial charge in [0, 0.05) is 6.07 Å². The first kappa shape index (κ1) is 17.1. The number of ether oxygens (including phenoxy) is 3. The molecule has 9 heteroatoms. The van der Waals surface area contributed by atoms with Crippen molar-refractivity contribution < 1.29 is 33.5 Å². The van der Waals surface area contributed by atoms with E-state index in [0.717, 1.165) is 20.3 Å². The Hall–Kier alpha value is -2.97. The van der Waals surface area contributed by atoms with Gasteiger partial charge in [0.2, 0.25) is 5.75 Å². The van der Waals surface area contributed by atoms with Crippen molar-refractivity contribution in [1.82, 2.24) is 0 Å². The lowest BCUT2D eigenvalue weighted by atomic mass is 10.1. The van der Waals surface area contributed by atoms with Crippen LogP contribution in [-0.2, 0) is 19.1 Å². The van der Waals surface area contributed by atoms with Gasteiger partial charge in [-0.2, -0.15) is 0 Å². The summed E-state index contributed by atoms with van der Waals surface area (Å²) < 4.78 is 13.7. The average Bonchev–Trinajstić information content (AvgIpc) is 2.52. The van der Waals surface area contributed by atoms with Gasteiger partial charge in [0.05, 0.1) is 19.1 Å². The molecular weight excluding hydrogens is 298 g/mol. The van der Waals surface area contributed by atoms with E-state index in [4.69, 9.17) is 4.74 Å². The van der Waals surface area contributed by atoms with Crippen molar-refractivity contribution in [3.05, 3.63) is 33.9 Å². The van der Waals surface area contributed by atoms with Gasteiger partial charge in [-0.25, -0.2) is 4.79 Å². The Morgan fingerprint density at radius 3 is 2.27 bits per heavy atom. The van der Waals surface area contributed by atoms with E-state index in [1.807, 2.05) is 0 Å². The molecule has 1 aromatic rings. The largest absolute Gasteiger partial charge is 0.468 e. The minimum absolute atomic E-state index is 0.304. The third kappa shape index (κ3) is 3.57. The zero-order valence-electron chi connectivity index (χ0n) is 12.0. The SMILES string of the molecule is COC(=O)c1cccc([N+](=O)[O-])c1OC(=O)C(C)C(=O)OC. The van der Waals surface area contributed by atoms with Crippen LogP contribution in [0.5, 0.6) is 5.75 Å². The number of nitro benzene ring substituents is 1. The first-order valence-electron chi connectivity index (χ1n) is 5.98. The summed E-state index contributed by atoms with van der Waals surface area (Å²) in [6.07, 6.45) is 0. The van der Waals surface area contributed by atoms with E-state index in [1.54, 1.807) is 0 Å². The number of esters is 3. The van der Waals surface area contributed by atoms with Crippen LogP contribution in [0.15, 0.2) is 18.2 Å². The van der Waals surface area contributed by atoms with Crippen molar-refractivity contribution in [2.45, 2.75) is 6.92 Å². The Morgan fingerprint density at radius 1 is 1.14 bits per heavy atom. The van der Waals surface area contributed by atoms with Gasteiger partial charge in [-0.05, 0) is 13.0 Å². The standard InChI is InChI=1S/C13H13NO8/c1-7(11(15)20-2)12(16)22-10-8(13(17)21-3)5-4-6-9(10)14(18)19/h4-7H,1-3H3. The summed E-state index contributed by atoms with van der Waals surface area (Å²) in [5.41, 5.74) is -0.907. The molecule has 0 aliphatic heterocycles. The molecule has 0 amide bonds. The lowest BCUT2D eigenvalue weighted by Gasteiger charge is -2.11. The van der Waals surface area contributed by atoms with E-state index in [-0.39, 0.29) is 5.56 Å². The van der Waals surface area contributed by atoms with E-state index in [0.29, 0.717) is 0 Å². The van der Waals surface area contributed by atoms with Crippen molar-refractivity contribution in [1.29, 1.82) is 0 Å². The third-order valence-electron chi connectivity index (χ3n) is 2.71. The maximum Gasteiger partial charge on any atom is 0.341 e. The van der Waals surface area contributed by atoms with Crippen LogP contribution in [0.1, 0.15) is 17.3 Å². The minimum Gasteiger partial charge on any atom is -0.468 e. The van der Waals surface area contributed by atoms with Crippen molar-refractivity contribution in [2.24, 2.45) is 5.92 Å². The number of hydrogen-bond acceptors (Lipinski definition) is 8. The summed E-state index contributed by atoms with van der Waals surface area (Å²) in [6.45, 7) is 1.21. The van der Waals surface area contributed by atoms with Crippen LogP contribution in [0.2, 0.25) is 0 Å². The summed E-state index contributed by atoms with van der Waals surface area (Å²) in [5, 5.41) is 11.0. The molecule has 0 saturated carbocycles. The summed E-state index contributed by atoms with van der Waals surface area (Å²) in [7, 11) is 2.15. The molecule has 0 spiro atoms. The number of para-hydroxylation sites is 1. The highest BCUT2D eigenvalue weighted by Crippen LogP contribution is 2.32. The summed E-state index contributed by atoms with van der Waals surface area (Å²) >= 11 is 0. The molecule has 22 heavy (non-hydrogen) atoms. The van der Waals surface area contributed by atoms with Crippen LogP contribution < -0.4 is 4.74 Å². The lowest BCUT2D eigenvalue weighted by molar-refractivity contribution is -0.385. The molecule has 0 saturated heterocycles. The number of hydrogen-bond donors (Lipinski definition) is 0. The smallest absolute Gasteiger partial charge is 0.341 e. The number of carbonyl (C=O) groups is 3. The van der Waals surface area contributed by atoms with Crippen LogP contribution in [0.4, 0.5) is 5.69 Å². The first-order chi connectivity index (χ1) is 10.3. The van der Waals surface area contributed by atoms with Gasteiger partial charge in [-0.3, -0.25) is 19.7 Å². The number of carbonyl (C=O) groups excluding carboxylic acids is 3. The fraction of sp³-hybridized carbons (Fsp3) is 0.308. The van der Waals surface area contributed by atoms with Crippen molar-refractivity contribution in [2.75, 3.05) is 14.2 Å². The molecule has 118 valence electrons. The van der Waals surface area contributed by atoms with Gasteiger partial charge in [0.25, 0.3) is 0 Å². The van der Waals surface area contributed by atoms with Gasteiger partial charge >= 0.3 is 23.6 Å². The summed E-state index contributed by atoms with van der Waals surface area (Å²) in [4.78, 5) is 44.9. The number of benzene rings is 1. The fourth-order valence-corrected chi connectivity index (χ4v) is 1.51. The van der Waals surface area contributed by atoms with E-state index in [9.17, 15) is 24.5 Å². The highest BCUT2D eigenvalue weighted by molar-refractivity contribution is 5.98. The molecule has 9 nitrogen and oxygen atoms in total. The average molecular weight is 311 g/mol. The molecule has 0 N–H and O–H groups in total. The fourth-order valence-electron chi connectivity index (χ4n) is 1.51. The number of nitro groups is 1. The Kier molecular flexibility index (Phi) is 5.56. The third-order valence-corrected chi connectivity index (χ3v) is 2.71. The van der Waals surface area contributed by atoms with E-state index in [1.165, 1.54) is 19.1 Å². The second kappa shape index (κ2) is 7.16. The number of rotatable bonds is 5. The predicted octanol–water partition coefficient (Wildman–Crippen LogP) is 1.10. The van der Waals surface area contributed by atoms with Crippen LogP contribution in [0, 0.1) is 16.0 Å². The van der Waals surface area contributed by atoms with Gasteiger partial charge in [-0.1, -0.05) is 6.07 Å². The maximum absolute atomic E-state index is 11.9. The molecule has 0 heterocycles. The predicted molar refractivity (Wildman–Crippen MR) is 71.3 cm³/mol. The van der Waals surface area contributed by atoms with E-state index in [2.05, 4.69) is 9.47 Å². The van der Waals surface area contributed by atoms with Crippen LogP contribution >= 0.6 is 0 Å². The first-order valence-corrected chi connectivity index (χ1v) is 5.98. The van der Waals surface area contributed by atoms with Crippen LogP contribution in [0.3, 0.4) is 0 Å². The normalized spacial score (nSPS) is 11.2. The molecule has 1 aromatic carbocycles. The zero-order chi connectivity index (χ0) is 16.9. The molecular formula is C13H13NO8. The maximum atomic E-state index is 11.9. The quantitative estimate of drug-likeness (QED) is 0.260. The molecule has 0 aromatic heterocycles. The van der Waals surface area contributed by atoms with Crippen molar-refractivity contribution >= 4 is 23.6 Å². The van der Waals surface area contributed by atoms with E-state index >= 15 is 0 Å². The second-order valence-corrected chi connectivity index (χ2v) is 4.07. The Labute approximate surface area is 124 Å². The minimum atomic E-state index is -1.31. The molecule has 0 radical (unpaired) electrons. The molecule has 0 fully saturated rings. The molecule has 1 rings (SSSR count).